The number of nitrogens with one attached hydrogen (secondary N) is 2. The van der Waals surface area contributed by atoms with Gasteiger partial charge in [0.2, 0.25) is 0 Å². The predicted molar refractivity (Wildman–Crippen MR) is 98.0 cm³/mol. The zero-order valence-corrected chi connectivity index (χ0v) is 14.6. The third-order valence-electron chi connectivity index (χ3n) is 3.46. The zero-order chi connectivity index (χ0) is 17.8. The van der Waals surface area contributed by atoms with Crippen molar-refractivity contribution in [1.29, 1.82) is 0 Å². The van der Waals surface area contributed by atoms with E-state index in [1.807, 2.05) is 12.1 Å². The van der Waals surface area contributed by atoms with Gasteiger partial charge >= 0.3 is 0 Å². The summed E-state index contributed by atoms with van der Waals surface area (Å²) in [5.41, 5.74) is 5.65. The number of benzene rings is 1. The molecule has 0 bridgehead atoms. The molecule has 0 saturated heterocycles. The van der Waals surface area contributed by atoms with Crippen LogP contribution in [-0.2, 0) is 0 Å². The largest absolute Gasteiger partial charge is 0.289 e. The second-order valence-corrected chi connectivity index (χ2v) is 5.98. The van der Waals surface area contributed by atoms with E-state index < -0.39 is 5.91 Å². The van der Waals surface area contributed by atoms with Gasteiger partial charge in [-0.1, -0.05) is 29.3 Å². The zero-order valence-electron chi connectivity index (χ0n) is 13.1. The Morgan fingerprint density at radius 1 is 1.12 bits per heavy atom. The van der Waals surface area contributed by atoms with Gasteiger partial charge in [-0.3, -0.25) is 14.9 Å². The minimum Gasteiger partial charge on any atom is -0.272 e. The number of rotatable bonds is 4. The molecule has 6 nitrogen and oxygen atoms in total. The van der Waals surface area contributed by atoms with Gasteiger partial charge in [-0.2, -0.15) is 10.2 Å². The fourth-order valence-corrected chi connectivity index (χ4v) is 2.39. The maximum Gasteiger partial charge on any atom is 0.289 e. The lowest BCUT2D eigenvalue weighted by molar-refractivity contribution is 0.0950. The van der Waals surface area contributed by atoms with Crippen LogP contribution < -0.4 is 5.43 Å². The van der Waals surface area contributed by atoms with E-state index in [-0.39, 0.29) is 5.69 Å². The highest BCUT2D eigenvalue weighted by Crippen LogP contribution is 2.27. The number of hydrogen-bond acceptors (Lipinski definition) is 4. The molecule has 0 atom stereocenters. The Hall–Kier alpha value is -2.70. The van der Waals surface area contributed by atoms with Crippen LogP contribution in [0.2, 0.25) is 10.0 Å². The first-order chi connectivity index (χ1) is 12.0. The lowest BCUT2D eigenvalue weighted by Gasteiger charge is -2.01. The van der Waals surface area contributed by atoms with Gasteiger partial charge in [0.05, 0.1) is 21.5 Å². The van der Waals surface area contributed by atoms with Crippen molar-refractivity contribution < 1.29 is 4.79 Å². The van der Waals surface area contributed by atoms with Gasteiger partial charge in [-0.25, -0.2) is 5.43 Å². The Kier molecular flexibility index (Phi) is 5.11. The highest BCUT2D eigenvalue weighted by Gasteiger charge is 2.11. The fourth-order valence-electron chi connectivity index (χ4n) is 2.09. The van der Waals surface area contributed by atoms with Crippen molar-refractivity contribution in [3.8, 4) is 11.3 Å². The molecule has 0 aliphatic carbocycles. The number of hydrazone groups is 1. The SMILES string of the molecule is C/C(=N/NC(=O)c1cc(-c2ccc(Cl)c(Cl)c2)n[nH]1)c1ccncc1. The van der Waals surface area contributed by atoms with Crippen molar-refractivity contribution in [2.24, 2.45) is 5.10 Å². The highest BCUT2D eigenvalue weighted by atomic mass is 35.5. The lowest BCUT2D eigenvalue weighted by Crippen LogP contribution is -2.19. The Labute approximate surface area is 153 Å². The molecule has 0 aliphatic heterocycles. The second-order valence-electron chi connectivity index (χ2n) is 5.17. The van der Waals surface area contributed by atoms with Crippen LogP contribution in [0.1, 0.15) is 23.0 Å². The van der Waals surface area contributed by atoms with Gasteiger partial charge in [0.25, 0.3) is 5.91 Å². The predicted octanol–water partition coefficient (Wildman–Crippen LogP) is 3.93. The van der Waals surface area contributed by atoms with E-state index in [2.05, 4.69) is 25.7 Å². The van der Waals surface area contributed by atoms with E-state index >= 15 is 0 Å². The lowest BCUT2D eigenvalue weighted by atomic mass is 10.1. The number of nitrogens with zero attached hydrogens (tertiary/aromatic N) is 3. The first-order valence-electron chi connectivity index (χ1n) is 7.30. The molecule has 0 radical (unpaired) electrons. The Morgan fingerprint density at radius 2 is 1.88 bits per heavy atom. The van der Waals surface area contributed by atoms with E-state index in [9.17, 15) is 4.79 Å². The van der Waals surface area contributed by atoms with Crippen molar-refractivity contribution in [1.82, 2.24) is 20.6 Å². The molecule has 8 heteroatoms. The fraction of sp³-hybridized carbons (Fsp3) is 0.0588. The minimum absolute atomic E-state index is 0.285. The molecule has 0 aliphatic rings. The summed E-state index contributed by atoms with van der Waals surface area (Å²) in [6.45, 7) is 1.80. The molecular weight excluding hydrogens is 361 g/mol. The van der Waals surface area contributed by atoms with Gasteiger partial charge in [-0.15, -0.1) is 0 Å². The van der Waals surface area contributed by atoms with Crippen molar-refractivity contribution in [2.75, 3.05) is 0 Å². The summed E-state index contributed by atoms with van der Waals surface area (Å²) in [4.78, 5) is 16.1. The smallest absolute Gasteiger partial charge is 0.272 e. The third-order valence-corrected chi connectivity index (χ3v) is 4.20. The first kappa shape index (κ1) is 17.1. The quantitative estimate of drug-likeness (QED) is 0.536. The highest BCUT2D eigenvalue weighted by molar-refractivity contribution is 6.42. The maximum absolute atomic E-state index is 12.2. The molecule has 2 aromatic heterocycles. The number of pyridine rings is 1. The van der Waals surface area contributed by atoms with Crippen LogP contribution in [0, 0.1) is 0 Å². The second kappa shape index (κ2) is 7.46. The standard InChI is InChI=1S/C17H13Cl2N5O/c1-10(11-4-6-20-7-5-11)21-24-17(25)16-9-15(22-23-16)12-2-3-13(18)14(19)8-12/h2-9H,1H3,(H,22,23)(H,24,25)/b21-10-. The van der Waals surface area contributed by atoms with Crippen molar-refractivity contribution >= 4 is 34.8 Å². The molecule has 126 valence electrons. The van der Waals surface area contributed by atoms with Crippen molar-refractivity contribution in [2.45, 2.75) is 6.92 Å². The maximum atomic E-state index is 12.2. The molecule has 1 aromatic carbocycles. The van der Waals surface area contributed by atoms with Crippen LogP contribution in [0.25, 0.3) is 11.3 Å². The van der Waals surface area contributed by atoms with Gasteiger partial charge in [-0.05, 0) is 37.3 Å². The van der Waals surface area contributed by atoms with E-state index in [0.29, 0.717) is 21.5 Å². The summed E-state index contributed by atoms with van der Waals surface area (Å²) in [5, 5.41) is 11.8. The number of aromatic nitrogens is 3. The van der Waals surface area contributed by atoms with E-state index in [1.165, 1.54) is 0 Å². The third kappa shape index (κ3) is 4.04. The van der Waals surface area contributed by atoms with Gasteiger partial charge < -0.3 is 0 Å². The van der Waals surface area contributed by atoms with E-state index in [1.54, 1.807) is 43.6 Å². The summed E-state index contributed by atoms with van der Waals surface area (Å²) in [5.74, 6) is -0.396. The number of aromatic amines is 1. The summed E-state index contributed by atoms with van der Waals surface area (Å²) in [6.07, 6.45) is 3.32. The van der Waals surface area contributed by atoms with Gasteiger partial charge in [0, 0.05) is 23.5 Å². The van der Waals surface area contributed by atoms with Crippen LogP contribution in [-0.4, -0.2) is 26.8 Å². The number of halogens is 2. The summed E-state index contributed by atoms with van der Waals surface area (Å²) in [7, 11) is 0. The Morgan fingerprint density at radius 3 is 2.60 bits per heavy atom. The Bertz CT molecular complexity index is 937. The molecule has 1 amide bonds. The van der Waals surface area contributed by atoms with Crippen LogP contribution in [0.3, 0.4) is 0 Å². The summed E-state index contributed by atoms with van der Waals surface area (Å²) >= 11 is 11.9. The van der Waals surface area contributed by atoms with Gasteiger partial charge in [0.1, 0.15) is 5.69 Å². The number of amides is 1. The molecule has 3 aromatic rings. The van der Waals surface area contributed by atoms with Crippen LogP contribution in [0.5, 0.6) is 0 Å². The molecular formula is C17H13Cl2N5O. The topological polar surface area (TPSA) is 83.0 Å². The van der Waals surface area contributed by atoms with E-state index in [4.69, 9.17) is 23.2 Å². The minimum atomic E-state index is -0.396. The molecule has 2 heterocycles. The monoisotopic (exact) mass is 373 g/mol. The molecule has 0 fully saturated rings. The molecule has 3 rings (SSSR count). The molecule has 0 spiro atoms. The normalized spacial score (nSPS) is 11.4. The molecule has 25 heavy (non-hydrogen) atoms. The molecule has 2 N–H and O–H groups in total. The molecule has 0 unspecified atom stereocenters. The Balaban J connectivity index is 1.73. The summed E-state index contributed by atoms with van der Waals surface area (Å²) < 4.78 is 0. The van der Waals surface area contributed by atoms with Crippen molar-refractivity contribution in [3.05, 3.63) is 70.1 Å². The average Bonchev–Trinajstić information content (AvgIpc) is 3.12. The summed E-state index contributed by atoms with van der Waals surface area (Å²) in [6, 6.07) is 10.4. The first-order valence-corrected chi connectivity index (χ1v) is 8.06. The molecule has 0 saturated carbocycles. The number of hydrogen-bond donors (Lipinski definition) is 2. The van der Waals surface area contributed by atoms with Crippen LogP contribution in [0.4, 0.5) is 0 Å². The van der Waals surface area contributed by atoms with Gasteiger partial charge in [0.15, 0.2) is 0 Å². The van der Waals surface area contributed by atoms with E-state index in [0.717, 1.165) is 11.1 Å². The van der Waals surface area contributed by atoms with Crippen LogP contribution >= 0.6 is 23.2 Å². The van der Waals surface area contributed by atoms with Crippen LogP contribution in [0.15, 0.2) is 53.9 Å². The number of carbonyl (C=O) groups excluding carboxylic acids is 1. The number of H-pyrrole nitrogens is 1. The number of carbonyl (C=O) groups is 1. The average molecular weight is 374 g/mol. The van der Waals surface area contributed by atoms with Crippen molar-refractivity contribution in [3.63, 3.8) is 0 Å².